The number of hydrogen-bond donors (Lipinski definition) is 1. The quantitative estimate of drug-likeness (QED) is 0.258. The molecule has 0 aromatic heterocycles. The highest BCUT2D eigenvalue weighted by atomic mass is 35.5. The van der Waals surface area contributed by atoms with Crippen LogP contribution in [-0.4, -0.2) is 23.4 Å². The van der Waals surface area contributed by atoms with Crippen molar-refractivity contribution in [2.45, 2.75) is 26.8 Å². The second-order valence-corrected chi connectivity index (χ2v) is 9.23. The van der Waals surface area contributed by atoms with Gasteiger partial charge in [0.15, 0.2) is 0 Å². The van der Waals surface area contributed by atoms with Crippen molar-refractivity contribution >= 4 is 34.7 Å². The molecule has 0 radical (unpaired) electrons. The van der Waals surface area contributed by atoms with Gasteiger partial charge in [-0.15, -0.1) is 0 Å². The molecule has 0 bridgehead atoms. The molecule has 3 aromatic carbocycles. The first-order valence-electron chi connectivity index (χ1n) is 11.1. The molecule has 1 amide bonds. The topological polar surface area (TPSA) is 66.8 Å². The smallest absolute Gasteiger partial charge is 0.300 e. The maximum atomic E-state index is 13.3. The van der Waals surface area contributed by atoms with Gasteiger partial charge in [0.1, 0.15) is 11.5 Å². The minimum Gasteiger partial charge on any atom is -0.507 e. The van der Waals surface area contributed by atoms with Gasteiger partial charge in [0.25, 0.3) is 11.7 Å². The van der Waals surface area contributed by atoms with Crippen molar-refractivity contribution in [2.75, 3.05) is 11.5 Å². The van der Waals surface area contributed by atoms with Gasteiger partial charge in [-0.3, -0.25) is 14.5 Å². The highest BCUT2D eigenvalue weighted by Crippen LogP contribution is 2.43. The van der Waals surface area contributed by atoms with Gasteiger partial charge in [0, 0.05) is 16.3 Å². The van der Waals surface area contributed by atoms with Gasteiger partial charge < -0.3 is 9.84 Å². The summed E-state index contributed by atoms with van der Waals surface area (Å²) in [6, 6.07) is 20.4. The number of halogens is 1. The largest absolute Gasteiger partial charge is 0.507 e. The van der Waals surface area contributed by atoms with Crippen molar-refractivity contribution in [1.82, 2.24) is 0 Å². The second kappa shape index (κ2) is 9.74. The van der Waals surface area contributed by atoms with Crippen LogP contribution in [0.3, 0.4) is 0 Å². The van der Waals surface area contributed by atoms with Crippen molar-refractivity contribution in [2.24, 2.45) is 5.92 Å². The zero-order valence-electron chi connectivity index (χ0n) is 19.3. The lowest BCUT2D eigenvalue weighted by Crippen LogP contribution is -2.29. The average Bonchev–Trinajstić information content (AvgIpc) is 3.08. The molecular weight excluding hydrogens is 450 g/mol. The molecule has 1 aliphatic rings. The summed E-state index contributed by atoms with van der Waals surface area (Å²) in [6.07, 6.45) is 0. The molecule has 5 nitrogen and oxygen atoms in total. The molecule has 1 aliphatic heterocycles. The van der Waals surface area contributed by atoms with Crippen molar-refractivity contribution in [3.63, 3.8) is 0 Å². The van der Waals surface area contributed by atoms with Crippen molar-refractivity contribution in [3.8, 4) is 5.75 Å². The first-order valence-corrected chi connectivity index (χ1v) is 11.5. The Labute approximate surface area is 204 Å². The molecule has 1 heterocycles. The molecule has 174 valence electrons. The van der Waals surface area contributed by atoms with E-state index in [2.05, 4.69) is 13.8 Å². The van der Waals surface area contributed by atoms with Crippen LogP contribution in [0.15, 0.2) is 78.4 Å². The van der Waals surface area contributed by atoms with Crippen LogP contribution in [0.2, 0.25) is 5.02 Å². The van der Waals surface area contributed by atoms with Crippen LogP contribution in [0.4, 0.5) is 5.69 Å². The number of hydrogen-bond acceptors (Lipinski definition) is 4. The molecule has 6 heteroatoms. The number of aliphatic hydroxyl groups is 1. The summed E-state index contributed by atoms with van der Waals surface area (Å²) in [5.74, 6) is -0.757. The SMILES string of the molecule is Cc1cccc(N2C(=O)C(=O)/C(=C(/O)c3cccc(Cl)c3)C2c2cccc(OCC(C)C)c2)c1. The third-order valence-corrected chi connectivity index (χ3v) is 5.81. The fraction of sp³-hybridized carbons (Fsp3) is 0.214. The van der Waals surface area contributed by atoms with E-state index >= 15 is 0 Å². The van der Waals surface area contributed by atoms with Crippen LogP contribution in [0, 0.1) is 12.8 Å². The summed E-state index contributed by atoms with van der Waals surface area (Å²) in [7, 11) is 0. The van der Waals surface area contributed by atoms with Gasteiger partial charge in [-0.1, -0.05) is 61.8 Å². The van der Waals surface area contributed by atoms with Crippen molar-refractivity contribution in [3.05, 3.63) is 100 Å². The van der Waals surface area contributed by atoms with Gasteiger partial charge in [-0.2, -0.15) is 0 Å². The highest BCUT2D eigenvalue weighted by molar-refractivity contribution is 6.51. The normalized spacial score (nSPS) is 17.4. The number of benzene rings is 3. The lowest BCUT2D eigenvalue weighted by molar-refractivity contribution is -0.132. The first-order chi connectivity index (χ1) is 16.3. The van der Waals surface area contributed by atoms with E-state index in [4.69, 9.17) is 16.3 Å². The zero-order chi connectivity index (χ0) is 24.4. The third-order valence-electron chi connectivity index (χ3n) is 5.58. The van der Waals surface area contributed by atoms with Gasteiger partial charge in [-0.05, 0) is 60.4 Å². The summed E-state index contributed by atoms with van der Waals surface area (Å²) >= 11 is 6.12. The van der Waals surface area contributed by atoms with Gasteiger partial charge >= 0.3 is 0 Å². The zero-order valence-corrected chi connectivity index (χ0v) is 20.0. The minimum absolute atomic E-state index is 0.00906. The summed E-state index contributed by atoms with van der Waals surface area (Å²) in [5, 5.41) is 11.6. The Hall–Kier alpha value is -3.57. The van der Waals surface area contributed by atoms with Crippen LogP contribution < -0.4 is 9.64 Å². The van der Waals surface area contributed by atoms with Crippen molar-refractivity contribution < 1.29 is 19.4 Å². The van der Waals surface area contributed by atoms with Gasteiger partial charge in [0.2, 0.25) is 0 Å². The number of ether oxygens (including phenoxy) is 1. The number of carbonyl (C=O) groups excluding carboxylic acids is 2. The van der Waals surface area contributed by atoms with E-state index in [1.54, 1.807) is 30.3 Å². The number of Topliss-reactive ketones (excluding diaryl/α,β-unsaturated/α-hetero) is 1. The second-order valence-electron chi connectivity index (χ2n) is 8.80. The minimum atomic E-state index is -0.830. The fourth-order valence-electron chi connectivity index (χ4n) is 4.02. The van der Waals surface area contributed by atoms with Crippen LogP contribution in [-0.2, 0) is 9.59 Å². The van der Waals surface area contributed by atoms with E-state index in [1.165, 1.54) is 4.90 Å². The highest BCUT2D eigenvalue weighted by Gasteiger charge is 2.47. The average molecular weight is 476 g/mol. The maximum absolute atomic E-state index is 13.3. The van der Waals surface area contributed by atoms with Crippen LogP contribution in [0.1, 0.15) is 36.6 Å². The molecule has 34 heavy (non-hydrogen) atoms. The lowest BCUT2D eigenvalue weighted by atomic mass is 9.95. The number of nitrogens with zero attached hydrogens (tertiary/aromatic N) is 1. The first kappa shape index (κ1) is 23.6. The lowest BCUT2D eigenvalue weighted by Gasteiger charge is -2.26. The molecule has 1 atom stereocenters. The molecular formula is C28H26ClNO4. The van der Waals surface area contributed by atoms with Crippen LogP contribution in [0.5, 0.6) is 5.75 Å². The molecule has 1 unspecified atom stereocenters. The van der Waals surface area contributed by atoms with E-state index in [1.807, 2.05) is 49.4 Å². The van der Waals surface area contributed by atoms with Crippen molar-refractivity contribution in [1.29, 1.82) is 0 Å². The number of anilines is 1. The number of ketones is 1. The number of aryl methyl sites for hydroxylation is 1. The number of rotatable bonds is 6. The molecule has 3 aromatic rings. The number of amides is 1. The molecule has 1 N–H and O–H groups in total. The van der Waals surface area contributed by atoms with Gasteiger partial charge in [-0.25, -0.2) is 0 Å². The summed E-state index contributed by atoms with van der Waals surface area (Å²) < 4.78 is 5.89. The molecule has 0 aliphatic carbocycles. The van der Waals surface area contributed by atoms with E-state index in [0.717, 1.165) is 5.56 Å². The van der Waals surface area contributed by atoms with Gasteiger partial charge in [0.05, 0.1) is 18.2 Å². The van der Waals surface area contributed by atoms with E-state index < -0.39 is 17.7 Å². The molecule has 1 fully saturated rings. The van der Waals surface area contributed by atoms with Crippen LogP contribution >= 0.6 is 11.6 Å². The van der Waals surface area contributed by atoms with E-state index in [0.29, 0.717) is 40.1 Å². The predicted molar refractivity (Wildman–Crippen MR) is 134 cm³/mol. The summed E-state index contributed by atoms with van der Waals surface area (Å²) in [4.78, 5) is 28.0. The predicted octanol–water partition coefficient (Wildman–Crippen LogP) is 6.31. The fourth-order valence-corrected chi connectivity index (χ4v) is 4.21. The monoisotopic (exact) mass is 475 g/mol. The molecule has 0 saturated carbocycles. The Morgan fingerprint density at radius 2 is 1.76 bits per heavy atom. The Morgan fingerprint density at radius 1 is 1.03 bits per heavy atom. The van der Waals surface area contributed by atoms with E-state index in [-0.39, 0.29) is 11.3 Å². The molecule has 4 rings (SSSR count). The Morgan fingerprint density at radius 3 is 2.47 bits per heavy atom. The standard InChI is InChI=1S/C28H26ClNO4/c1-17(2)16-34-23-12-6-8-19(15-23)25-24(26(31)20-9-5-10-21(29)14-20)27(32)28(33)30(25)22-11-4-7-18(3)13-22/h4-15,17,25,31H,16H2,1-3H3/b26-24+. The Balaban J connectivity index is 1.90. The maximum Gasteiger partial charge on any atom is 0.300 e. The Kier molecular flexibility index (Phi) is 6.75. The molecule has 1 saturated heterocycles. The number of aliphatic hydroxyl groups excluding tert-OH is 1. The third kappa shape index (κ3) is 4.70. The molecule has 0 spiro atoms. The van der Waals surface area contributed by atoms with Crippen LogP contribution in [0.25, 0.3) is 5.76 Å². The summed E-state index contributed by atoms with van der Waals surface area (Å²) in [6.45, 7) is 6.56. The Bertz CT molecular complexity index is 1280. The van der Waals surface area contributed by atoms with E-state index in [9.17, 15) is 14.7 Å². The summed E-state index contributed by atoms with van der Waals surface area (Å²) in [5.41, 5.74) is 2.56. The number of carbonyl (C=O) groups is 2.